The lowest BCUT2D eigenvalue weighted by molar-refractivity contribution is -0.136. The molecule has 1 aromatic rings. The van der Waals surface area contributed by atoms with E-state index in [9.17, 15) is 4.79 Å². The molecule has 2 atom stereocenters. The zero-order valence-electron chi connectivity index (χ0n) is 16.4. The number of nitrogens with one attached hydrogen (secondary N) is 1. The van der Waals surface area contributed by atoms with Crippen LogP contribution in [0.5, 0.6) is 0 Å². The third-order valence-corrected chi connectivity index (χ3v) is 5.68. The molecular weight excluding hydrogens is 330 g/mol. The number of H-pyrrole nitrogens is 1. The van der Waals surface area contributed by atoms with Gasteiger partial charge in [0.15, 0.2) is 0 Å². The van der Waals surface area contributed by atoms with Gasteiger partial charge in [-0.1, -0.05) is 0 Å². The number of aromatic amines is 1. The summed E-state index contributed by atoms with van der Waals surface area (Å²) in [7, 11) is 2.14. The first-order valence-electron chi connectivity index (χ1n) is 9.83. The molecule has 3 rings (SSSR count). The first kappa shape index (κ1) is 19.4. The molecule has 2 saturated heterocycles. The number of ether oxygens (including phenoxy) is 2. The van der Waals surface area contributed by atoms with Crippen LogP contribution in [0.3, 0.4) is 0 Å². The Morgan fingerprint density at radius 2 is 2.35 bits per heavy atom. The molecule has 2 fully saturated rings. The number of carbonyl (C=O) groups is 1. The van der Waals surface area contributed by atoms with Gasteiger partial charge in [0.25, 0.3) is 0 Å². The summed E-state index contributed by atoms with van der Waals surface area (Å²) in [4.78, 5) is 20.2. The van der Waals surface area contributed by atoms with E-state index in [1.165, 1.54) is 0 Å². The van der Waals surface area contributed by atoms with Crippen LogP contribution in [0.15, 0.2) is 18.3 Å². The number of aryl methyl sites for hydroxylation is 1. The van der Waals surface area contributed by atoms with Gasteiger partial charge < -0.3 is 24.3 Å². The lowest BCUT2D eigenvalue weighted by Crippen LogP contribution is -2.47. The molecule has 0 saturated carbocycles. The zero-order chi connectivity index (χ0) is 18.6. The number of amides is 1. The largest absolute Gasteiger partial charge is 0.377 e. The van der Waals surface area contributed by atoms with Crippen LogP contribution < -0.4 is 0 Å². The van der Waals surface area contributed by atoms with Crippen LogP contribution >= 0.6 is 0 Å². The fourth-order valence-electron chi connectivity index (χ4n) is 3.82. The van der Waals surface area contributed by atoms with Gasteiger partial charge >= 0.3 is 0 Å². The average Bonchev–Trinajstić information content (AvgIpc) is 3.20. The zero-order valence-corrected chi connectivity index (χ0v) is 16.4. The summed E-state index contributed by atoms with van der Waals surface area (Å²) in [6.45, 7) is 7.82. The van der Waals surface area contributed by atoms with E-state index in [-0.39, 0.29) is 17.6 Å². The van der Waals surface area contributed by atoms with Crippen molar-refractivity contribution >= 4 is 5.91 Å². The molecule has 0 aliphatic carbocycles. The summed E-state index contributed by atoms with van der Waals surface area (Å²) in [6.07, 6.45) is 5.39. The molecule has 1 N–H and O–H groups in total. The van der Waals surface area contributed by atoms with Crippen LogP contribution in [0, 0.1) is 0 Å². The number of rotatable bonds is 6. The topological polar surface area (TPSA) is 57.8 Å². The summed E-state index contributed by atoms with van der Waals surface area (Å²) < 4.78 is 12.3. The molecule has 0 radical (unpaired) electrons. The molecule has 26 heavy (non-hydrogen) atoms. The fourth-order valence-corrected chi connectivity index (χ4v) is 3.82. The summed E-state index contributed by atoms with van der Waals surface area (Å²) in [6, 6.07) is 4.50. The molecule has 3 heterocycles. The Hall–Kier alpha value is -1.37. The highest BCUT2D eigenvalue weighted by Crippen LogP contribution is 2.33. The number of nitrogens with zero attached hydrogens (tertiary/aromatic N) is 2. The number of likely N-dealkylation sites (N-methyl/N-ethyl adjacent to an activating group) is 1. The standard InChI is InChI=1S/C20H33N3O3/c1-16(2)22(3)13-18-8-9-20(26-18)14-23(11-12-25-15-20)19(24)7-6-17-5-4-10-21-17/h4-5,10,16,18,21H,6-9,11-15H2,1-3H3. The molecule has 1 spiro atoms. The fraction of sp³-hybridized carbons (Fsp3) is 0.750. The van der Waals surface area contributed by atoms with Crippen molar-refractivity contribution in [3.63, 3.8) is 0 Å². The van der Waals surface area contributed by atoms with Crippen molar-refractivity contribution in [2.24, 2.45) is 0 Å². The molecule has 6 heteroatoms. The van der Waals surface area contributed by atoms with Crippen LogP contribution in [0.4, 0.5) is 0 Å². The molecule has 1 aromatic heterocycles. The van der Waals surface area contributed by atoms with E-state index < -0.39 is 0 Å². The second-order valence-corrected chi connectivity index (χ2v) is 8.06. The quantitative estimate of drug-likeness (QED) is 0.841. The van der Waals surface area contributed by atoms with Crippen LogP contribution in [-0.2, 0) is 20.7 Å². The molecular formula is C20H33N3O3. The second kappa shape index (κ2) is 8.55. The molecule has 1 amide bonds. The van der Waals surface area contributed by atoms with E-state index in [1.54, 1.807) is 0 Å². The van der Waals surface area contributed by atoms with Crippen molar-refractivity contribution in [2.45, 2.75) is 57.3 Å². The highest BCUT2D eigenvalue weighted by molar-refractivity contribution is 5.76. The molecule has 2 unspecified atom stereocenters. The van der Waals surface area contributed by atoms with Gasteiger partial charge in [0, 0.05) is 37.4 Å². The summed E-state index contributed by atoms with van der Waals surface area (Å²) >= 11 is 0. The minimum absolute atomic E-state index is 0.191. The third kappa shape index (κ3) is 4.87. The minimum atomic E-state index is -0.332. The lowest BCUT2D eigenvalue weighted by Gasteiger charge is -2.33. The lowest BCUT2D eigenvalue weighted by atomic mass is 9.99. The number of hydrogen-bond donors (Lipinski definition) is 1. The van der Waals surface area contributed by atoms with E-state index in [0.29, 0.717) is 38.8 Å². The van der Waals surface area contributed by atoms with Gasteiger partial charge in [-0.15, -0.1) is 0 Å². The van der Waals surface area contributed by atoms with Gasteiger partial charge in [-0.2, -0.15) is 0 Å². The van der Waals surface area contributed by atoms with Crippen molar-refractivity contribution in [2.75, 3.05) is 39.9 Å². The van der Waals surface area contributed by atoms with Gasteiger partial charge in [0.2, 0.25) is 5.91 Å². The Kier molecular flexibility index (Phi) is 6.37. The highest BCUT2D eigenvalue weighted by atomic mass is 16.6. The smallest absolute Gasteiger partial charge is 0.223 e. The first-order valence-corrected chi connectivity index (χ1v) is 9.83. The van der Waals surface area contributed by atoms with Crippen LogP contribution in [0.1, 0.15) is 38.8 Å². The van der Waals surface area contributed by atoms with Gasteiger partial charge in [0.1, 0.15) is 5.60 Å². The Bertz CT molecular complexity index is 575. The average molecular weight is 364 g/mol. The first-order chi connectivity index (χ1) is 12.5. The number of aromatic nitrogens is 1. The van der Waals surface area contributed by atoms with Gasteiger partial charge in [-0.05, 0) is 52.3 Å². The molecule has 0 aromatic carbocycles. The summed E-state index contributed by atoms with van der Waals surface area (Å²) in [5, 5.41) is 0. The van der Waals surface area contributed by atoms with Crippen molar-refractivity contribution in [1.82, 2.24) is 14.8 Å². The Morgan fingerprint density at radius 1 is 1.50 bits per heavy atom. The molecule has 2 aliphatic rings. The van der Waals surface area contributed by atoms with Gasteiger partial charge in [-0.3, -0.25) is 4.79 Å². The van der Waals surface area contributed by atoms with E-state index in [1.807, 2.05) is 23.2 Å². The predicted octanol–water partition coefficient (Wildman–Crippen LogP) is 2.06. The van der Waals surface area contributed by atoms with E-state index >= 15 is 0 Å². The maximum absolute atomic E-state index is 12.7. The monoisotopic (exact) mass is 363 g/mol. The Balaban J connectivity index is 1.56. The normalized spacial score (nSPS) is 26.8. The van der Waals surface area contributed by atoms with Crippen molar-refractivity contribution in [3.05, 3.63) is 24.0 Å². The molecule has 6 nitrogen and oxygen atoms in total. The van der Waals surface area contributed by atoms with E-state index in [2.05, 4.69) is 30.8 Å². The SMILES string of the molecule is CC(C)N(C)CC1CCC2(COCCN(C(=O)CCc3ccc[nH]3)C2)O1. The van der Waals surface area contributed by atoms with Crippen molar-refractivity contribution in [1.29, 1.82) is 0 Å². The third-order valence-electron chi connectivity index (χ3n) is 5.68. The maximum atomic E-state index is 12.7. The van der Waals surface area contributed by atoms with Crippen LogP contribution in [0.2, 0.25) is 0 Å². The maximum Gasteiger partial charge on any atom is 0.223 e. The van der Waals surface area contributed by atoms with Gasteiger partial charge in [0.05, 0.1) is 25.9 Å². The van der Waals surface area contributed by atoms with Crippen molar-refractivity contribution < 1.29 is 14.3 Å². The Labute approximate surface area is 156 Å². The van der Waals surface area contributed by atoms with Crippen molar-refractivity contribution in [3.8, 4) is 0 Å². The summed E-state index contributed by atoms with van der Waals surface area (Å²) in [5.41, 5.74) is 0.772. The number of hydrogen-bond acceptors (Lipinski definition) is 4. The predicted molar refractivity (Wildman–Crippen MR) is 101 cm³/mol. The second-order valence-electron chi connectivity index (χ2n) is 8.06. The Morgan fingerprint density at radius 3 is 3.08 bits per heavy atom. The molecule has 2 aliphatic heterocycles. The van der Waals surface area contributed by atoms with Crippen LogP contribution in [0.25, 0.3) is 0 Å². The minimum Gasteiger partial charge on any atom is -0.377 e. The molecule has 0 bridgehead atoms. The molecule has 146 valence electrons. The van der Waals surface area contributed by atoms with Gasteiger partial charge in [-0.25, -0.2) is 0 Å². The van der Waals surface area contributed by atoms with Crippen LogP contribution in [-0.4, -0.2) is 78.3 Å². The van der Waals surface area contributed by atoms with E-state index in [4.69, 9.17) is 9.47 Å². The number of carbonyl (C=O) groups excluding carboxylic acids is 1. The van der Waals surface area contributed by atoms with E-state index in [0.717, 1.165) is 31.5 Å². The summed E-state index contributed by atoms with van der Waals surface area (Å²) in [5.74, 6) is 0.191. The highest BCUT2D eigenvalue weighted by Gasteiger charge is 2.44.